The Morgan fingerprint density at radius 2 is 1.94 bits per heavy atom. The number of aryl methyl sites for hydroxylation is 1. The summed E-state index contributed by atoms with van der Waals surface area (Å²) < 4.78 is 38.7. The Morgan fingerprint density at radius 1 is 1.13 bits per heavy atom. The molecule has 0 saturated heterocycles. The van der Waals surface area contributed by atoms with Crippen LogP contribution < -0.4 is 9.64 Å². The molecule has 1 amide bonds. The van der Waals surface area contributed by atoms with Crippen molar-refractivity contribution >= 4 is 21.6 Å². The first-order valence-electron chi connectivity index (χ1n) is 9.85. The number of amides is 1. The van der Waals surface area contributed by atoms with Gasteiger partial charge in [-0.25, -0.2) is 8.42 Å². The van der Waals surface area contributed by atoms with Gasteiger partial charge in [-0.2, -0.15) is 9.29 Å². The minimum atomic E-state index is -3.76. The molecule has 2 aliphatic heterocycles. The van der Waals surface area contributed by atoms with Gasteiger partial charge in [0.25, 0.3) is 5.91 Å². The van der Waals surface area contributed by atoms with Crippen LogP contribution in [0.2, 0.25) is 0 Å². The van der Waals surface area contributed by atoms with E-state index in [1.54, 1.807) is 13.0 Å². The predicted molar refractivity (Wildman–Crippen MR) is 110 cm³/mol. The van der Waals surface area contributed by atoms with Gasteiger partial charge in [-0.3, -0.25) is 9.69 Å². The highest BCUT2D eigenvalue weighted by molar-refractivity contribution is 7.89. The van der Waals surface area contributed by atoms with Crippen molar-refractivity contribution in [1.82, 2.24) is 14.4 Å². The maximum atomic E-state index is 13.4. The van der Waals surface area contributed by atoms with Gasteiger partial charge in [-0.05, 0) is 35.7 Å². The number of fused-ring (bicyclic) bond motifs is 2. The predicted octanol–water partition coefficient (Wildman–Crippen LogP) is 2.05. The number of rotatable bonds is 4. The molecule has 3 heterocycles. The average Bonchev–Trinajstić information content (AvgIpc) is 3.19. The Bertz CT molecular complexity index is 1270. The molecule has 0 fully saturated rings. The molecule has 0 atom stereocenters. The fraction of sp³-hybridized carbons (Fsp3) is 0.286. The fourth-order valence-electron chi connectivity index (χ4n) is 3.89. The summed E-state index contributed by atoms with van der Waals surface area (Å²) in [5, 5.41) is 3.84. The van der Waals surface area contributed by atoms with E-state index in [0.717, 1.165) is 5.56 Å². The summed E-state index contributed by atoms with van der Waals surface area (Å²) in [6.45, 7) is 2.30. The summed E-state index contributed by atoms with van der Waals surface area (Å²) >= 11 is 0. The van der Waals surface area contributed by atoms with Crippen molar-refractivity contribution in [3.8, 4) is 5.75 Å². The SMILES string of the molecule is Cc1nc(CN2C(=O)COc3ccc(S(=O)(=O)N4CCc5ccccc5C4)cc32)no1. The molecule has 1 aromatic heterocycles. The lowest BCUT2D eigenvalue weighted by Gasteiger charge is -2.30. The highest BCUT2D eigenvalue weighted by atomic mass is 32.2. The summed E-state index contributed by atoms with van der Waals surface area (Å²) in [4.78, 5) is 18.2. The molecule has 0 aliphatic carbocycles. The Kier molecular flexibility index (Phi) is 4.75. The maximum absolute atomic E-state index is 13.4. The first-order chi connectivity index (χ1) is 14.9. The molecule has 31 heavy (non-hydrogen) atoms. The zero-order chi connectivity index (χ0) is 21.6. The van der Waals surface area contributed by atoms with Crippen LogP contribution in [-0.2, 0) is 34.3 Å². The number of carbonyl (C=O) groups is 1. The third-order valence-electron chi connectivity index (χ3n) is 5.48. The van der Waals surface area contributed by atoms with Crippen LogP contribution in [-0.4, -0.2) is 41.9 Å². The number of nitrogens with zero attached hydrogens (tertiary/aromatic N) is 4. The molecular formula is C21H20N4O5S. The summed E-state index contributed by atoms with van der Waals surface area (Å²) in [6, 6.07) is 12.4. The quantitative estimate of drug-likeness (QED) is 0.611. The van der Waals surface area contributed by atoms with Gasteiger partial charge >= 0.3 is 0 Å². The van der Waals surface area contributed by atoms with E-state index in [-0.39, 0.29) is 24.0 Å². The van der Waals surface area contributed by atoms with Crippen molar-refractivity contribution in [3.05, 3.63) is 65.3 Å². The van der Waals surface area contributed by atoms with Gasteiger partial charge < -0.3 is 9.26 Å². The summed E-state index contributed by atoms with van der Waals surface area (Å²) in [5.41, 5.74) is 2.54. The molecule has 0 radical (unpaired) electrons. The normalized spacial score (nSPS) is 16.5. The van der Waals surface area contributed by atoms with Crippen molar-refractivity contribution in [1.29, 1.82) is 0 Å². The largest absolute Gasteiger partial charge is 0.482 e. The number of anilines is 1. The Hall–Kier alpha value is -3.24. The molecule has 0 spiro atoms. The molecule has 0 saturated carbocycles. The number of benzene rings is 2. The van der Waals surface area contributed by atoms with Gasteiger partial charge in [0, 0.05) is 20.0 Å². The Morgan fingerprint density at radius 3 is 2.71 bits per heavy atom. The second-order valence-corrected chi connectivity index (χ2v) is 9.42. The van der Waals surface area contributed by atoms with Crippen LogP contribution in [0.25, 0.3) is 0 Å². The molecule has 0 bridgehead atoms. The van der Waals surface area contributed by atoms with Gasteiger partial charge in [-0.15, -0.1) is 0 Å². The first kappa shape index (κ1) is 19.7. The van der Waals surface area contributed by atoms with E-state index in [4.69, 9.17) is 9.26 Å². The highest BCUT2D eigenvalue weighted by Crippen LogP contribution is 2.36. The van der Waals surface area contributed by atoms with E-state index >= 15 is 0 Å². The van der Waals surface area contributed by atoms with Crippen LogP contribution >= 0.6 is 0 Å². The molecule has 2 aliphatic rings. The van der Waals surface area contributed by atoms with E-state index in [1.807, 2.05) is 24.3 Å². The highest BCUT2D eigenvalue weighted by Gasteiger charge is 2.32. The molecular weight excluding hydrogens is 420 g/mol. The summed E-state index contributed by atoms with van der Waals surface area (Å²) in [6.07, 6.45) is 0.658. The van der Waals surface area contributed by atoms with Crippen molar-refractivity contribution < 1.29 is 22.5 Å². The molecule has 3 aromatic rings. The third kappa shape index (κ3) is 3.57. The number of carbonyl (C=O) groups excluding carboxylic acids is 1. The van der Waals surface area contributed by atoms with Crippen LogP contribution in [0, 0.1) is 6.92 Å². The van der Waals surface area contributed by atoms with Gasteiger partial charge in [0.05, 0.1) is 17.1 Å². The van der Waals surface area contributed by atoms with Crippen molar-refractivity contribution in [2.45, 2.75) is 31.3 Å². The zero-order valence-corrected chi connectivity index (χ0v) is 17.6. The van der Waals surface area contributed by atoms with Crippen LogP contribution in [0.4, 0.5) is 5.69 Å². The van der Waals surface area contributed by atoms with E-state index < -0.39 is 10.0 Å². The molecule has 10 heteroatoms. The van der Waals surface area contributed by atoms with Gasteiger partial charge in [0.2, 0.25) is 15.9 Å². The fourth-order valence-corrected chi connectivity index (χ4v) is 5.33. The van der Waals surface area contributed by atoms with E-state index in [0.29, 0.717) is 42.7 Å². The second-order valence-electron chi connectivity index (χ2n) is 7.49. The van der Waals surface area contributed by atoms with Crippen LogP contribution in [0.5, 0.6) is 5.75 Å². The Labute approximate surface area is 179 Å². The van der Waals surface area contributed by atoms with Gasteiger partial charge in [0.1, 0.15) is 5.75 Å². The lowest BCUT2D eigenvalue weighted by atomic mass is 10.0. The number of hydrogen-bond donors (Lipinski definition) is 0. The molecule has 5 rings (SSSR count). The summed E-state index contributed by atoms with van der Waals surface area (Å²) in [7, 11) is -3.76. The lowest BCUT2D eigenvalue weighted by Crippen LogP contribution is -2.39. The smallest absolute Gasteiger partial charge is 0.265 e. The monoisotopic (exact) mass is 440 g/mol. The molecule has 160 valence electrons. The minimum absolute atomic E-state index is 0.0626. The van der Waals surface area contributed by atoms with E-state index in [1.165, 1.54) is 26.9 Å². The number of sulfonamides is 1. The van der Waals surface area contributed by atoms with Crippen molar-refractivity contribution in [3.63, 3.8) is 0 Å². The second kappa shape index (κ2) is 7.47. The third-order valence-corrected chi connectivity index (χ3v) is 7.32. The number of hydrogen-bond acceptors (Lipinski definition) is 7. The summed E-state index contributed by atoms with van der Waals surface area (Å²) in [5.74, 6) is 0.844. The van der Waals surface area contributed by atoms with Crippen LogP contribution in [0.15, 0.2) is 51.9 Å². The number of aromatic nitrogens is 2. The van der Waals surface area contributed by atoms with Gasteiger partial charge in [-0.1, -0.05) is 29.4 Å². The average molecular weight is 440 g/mol. The molecule has 0 unspecified atom stereocenters. The van der Waals surface area contributed by atoms with Gasteiger partial charge in [0.15, 0.2) is 12.4 Å². The lowest BCUT2D eigenvalue weighted by molar-refractivity contribution is -0.121. The minimum Gasteiger partial charge on any atom is -0.482 e. The molecule has 2 aromatic carbocycles. The van der Waals surface area contributed by atoms with Crippen LogP contribution in [0.1, 0.15) is 22.8 Å². The first-order valence-corrected chi connectivity index (χ1v) is 11.3. The molecule has 0 N–H and O–H groups in total. The molecule has 9 nitrogen and oxygen atoms in total. The van der Waals surface area contributed by atoms with E-state index in [2.05, 4.69) is 10.1 Å². The number of ether oxygens (including phenoxy) is 1. The zero-order valence-electron chi connectivity index (χ0n) is 16.8. The Balaban J connectivity index is 1.48. The van der Waals surface area contributed by atoms with Crippen molar-refractivity contribution in [2.75, 3.05) is 18.1 Å². The maximum Gasteiger partial charge on any atom is 0.265 e. The van der Waals surface area contributed by atoms with E-state index in [9.17, 15) is 13.2 Å². The topological polar surface area (TPSA) is 106 Å². The van der Waals surface area contributed by atoms with Crippen LogP contribution in [0.3, 0.4) is 0 Å². The van der Waals surface area contributed by atoms with Crippen molar-refractivity contribution in [2.24, 2.45) is 0 Å². The standard InChI is InChI=1S/C21H20N4O5S/c1-14-22-20(23-30-14)12-25-18-10-17(6-7-19(18)29-13-21(25)26)31(27,28)24-9-8-15-4-2-3-5-16(15)11-24/h2-7,10H,8-9,11-13H2,1H3.